The van der Waals surface area contributed by atoms with Gasteiger partial charge in [0.05, 0.1) is 27.5 Å². The molecule has 4 aromatic rings. The molecule has 2 aromatic heterocycles. The van der Waals surface area contributed by atoms with E-state index < -0.39 is 22.1 Å². The van der Waals surface area contributed by atoms with Crippen molar-refractivity contribution >= 4 is 40.0 Å². The van der Waals surface area contributed by atoms with Crippen LogP contribution in [0.15, 0.2) is 54.7 Å². The van der Waals surface area contributed by atoms with Crippen LogP contribution in [0.3, 0.4) is 0 Å². The van der Waals surface area contributed by atoms with Gasteiger partial charge >= 0.3 is 5.97 Å². The molecule has 42 heavy (non-hydrogen) atoms. The van der Waals surface area contributed by atoms with Gasteiger partial charge in [0.25, 0.3) is 5.69 Å². The van der Waals surface area contributed by atoms with E-state index >= 15 is 4.39 Å². The smallest absolute Gasteiger partial charge is 0.312 e. The summed E-state index contributed by atoms with van der Waals surface area (Å²) in [5, 5.41) is 14.8. The van der Waals surface area contributed by atoms with Crippen LogP contribution in [0.2, 0.25) is 0 Å². The number of nitro groups is 1. The minimum Gasteiger partial charge on any atom is -0.443 e. The highest BCUT2D eigenvalue weighted by Gasteiger charge is 2.24. The number of halogens is 1. The van der Waals surface area contributed by atoms with Crippen molar-refractivity contribution in [2.24, 2.45) is 5.41 Å². The number of carbonyl (C=O) groups is 1. The van der Waals surface area contributed by atoms with Crippen molar-refractivity contribution in [1.82, 2.24) is 19.4 Å². The van der Waals surface area contributed by atoms with Gasteiger partial charge in [0.2, 0.25) is 11.8 Å². The lowest BCUT2D eigenvalue weighted by atomic mass is 9.98. The summed E-state index contributed by atoms with van der Waals surface area (Å²) in [6.07, 6.45) is 1.66. The molecule has 0 saturated heterocycles. The van der Waals surface area contributed by atoms with Crippen LogP contribution in [0.4, 0.5) is 27.4 Å². The summed E-state index contributed by atoms with van der Waals surface area (Å²) in [5.41, 5.74) is 0.375. The number of likely N-dealkylation sites (N-methyl/N-ethyl adjacent to an activating group) is 2. The average Bonchev–Trinajstić information content (AvgIpc) is 3.33. The number of aromatic nitrogens is 3. The molecule has 0 bridgehead atoms. The Labute approximate surface area is 242 Å². The van der Waals surface area contributed by atoms with Gasteiger partial charge in [-0.2, -0.15) is 9.97 Å². The van der Waals surface area contributed by atoms with Crippen molar-refractivity contribution in [3.63, 3.8) is 0 Å². The topological polar surface area (TPSA) is 128 Å². The summed E-state index contributed by atoms with van der Waals surface area (Å²) in [5.74, 6) is -0.440. The lowest BCUT2D eigenvalue weighted by Crippen LogP contribution is -2.29. The van der Waals surface area contributed by atoms with E-state index in [1.54, 1.807) is 55.8 Å². The Bertz CT molecular complexity index is 1600. The summed E-state index contributed by atoms with van der Waals surface area (Å²) in [4.78, 5) is 36.0. The highest BCUT2D eigenvalue weighted by atomic mass is 19.1. The van der Waals surface area contributed by atoms with E-state index in [9.17, 15) is 14.9 Å². The van der Waals surface area contributed by atoms with Crippen LogP contribution in [0, 0.1) is 21.3 Å². The number of nitrogens with zero attached hydrogens (tertiary/aromatic N) is 6. The van der Waals surface area contributed by atoms with E-state index in [0.717, 1.165) is 6.54 Å². The van der Waals surface area contributed by atoms with Gasteiger partial charge in [-0.05, 0) is 65.2 Å². The van der Waals surface area contributed by atoms with Gasteiger partial charge < -0.3 is 24.6 Å². The third-order valence-corrected chi connectivity index (χ3v) is 6.27. The molecule has 0 atom stereocenters. The fourth-order valence-electron chi connectivity index (χ4n) is 3.89. The van der Waals surface area contributed by atoms with E-state index in [1.807, 2.05) is 30.9 Å². The fourth-order valence-corrected chi connectivity index (χ4v) is 3.89. The molecule has 0 aliphatic heterocycles. The SMILES string of the molecule is CN(C)CCN(C)c1ccc(Nc2nc(Oc3cccc([N+](=O)[O-])c3)c3ccn(COC(=O)C(C)(C)C)c3n2)cc1F. The molecule has 0 unspecified atom stereocenters. The van der Waals surface area contributed by atoms with Crippen molar-refractivity contribution in [2.45, 2.75) is 27.5 Å². The van der Waals surface area contributed by atoms with Gasteiger partial charge in [-0.15, -0.1) is 0 Å². The first-order valence-corrected chi connectivity index (χ1v) is 13.2. The van der Waals surface area contributed by atoms with Crippen LogP contribution in [0.1, 0.15) is 20.8 Å². The van der Waals surface area contributed by atoms with Crippen molar-refractivity contribution in [3.8, 4) is 11.6 Å². The maximum atomic E-state index is 15.1. The molecule has 1 N–H and O–H groups in total. The maximum absolute atomic E-state index is 15.1. The minimum absolute atomic E-state index is 0.0816. The summed E-state index contributed by atoms with van der Waals surface area (Å²) >= 11 is 0. The molecule has 2 aromatic carbocycles. The predicted molar refractivity (Wildman–Crippen MR) is 158 cm³/mol. The monoisotopic (exact) mass is 579 g/mol. The molecular weight excluding hydrogens is 545 g/mol. The zero-order valence-corrected chi connectivity index (χ0v) is 24.4. The molecule has 0 spiro atoms. The Morgan fingerprint density at radius 1 is 1.10 bits per heavy atom. The fraction of sp³-hybridized carbons (Fsp3) is 0.345. The standard InChI is InChI=1S/C29H34FN7O5/c1-29(2,3)27(38)41-18-36-13-12-22-25(36)32-28(33-26(22)42-21-9-7-8-20(17-21)37(39)40)31-19-10-11-24(23(30)16-19)35(6)15-14-34(4)5/h7-13,16-17H,14-15,18H2,1-6H3,(H,31,32,33). The number of anilines is 3. The largest absolute Gasteiger partial charge is 0.443 e. The number of esters is 1. The second-order valence-electron chi connectivity index (χ2n) is 11.1. The highest BCUT2D eigenvalue weighted by molar-refractivity contribution is 5.83. The van der Waals surface area contributed by atoms with E-state index in [-0.39, 0.29) is 30.0 Å². The summed E-state index contributed by atoms with van der Waals surface area (Å²) < 4.78 is 28.1. The lowest BCUT2D eigenvalue weighted by molar-refractivity contribution is -0.384. The second-order valence-corrected chi connectivity index (χ2v) is 11.1. The highest BCUT2D eigenvalue weighted by Crippen LogP contribution is 2.32. The molecule has 13 heteroatoms. The first-order chi connectivity index (χ1) is 19.8. The molecule has 0 radical (unpaired) electrons. The first-order valence-electron chi connectivity index (χ1n) is 13.2. The van der Waals surface area contributed by atoms with Gasteiger partial charge in [-0.25, -0.2) is 4.39 Å². The average molecular weight is 580 g/mol. The zero-order chi connectivity index (χ0) is 30.6. The minimum atomic E-state index is -0.697. The maximum Gasteiger partial charge on any atom is 0.312 e. The Hall–Kier alpha value is -4.78. The van der Waals surface area contributed by atoms with Gasteiger partial charge in [-0.1, -0.05) is 6.07 Å². The number of nitro benzene ring substituents is 1. The van der Waals surface area contributed by atoms with Crippen molar-refractivity contribution in [1.29, 1.82) is 0 Å². The molecule has 0 amide bonds. The van der Waals surface area contributed by atoms with Gasteiger partial charge in [0, 0.05) is 38.1 Å². The third kappa shape index (κ3) is 7.29. The van der Waals surface area contributed by atoms with Gasteiger partial charge in [0.15, 0.2) is 12.4 Å². The Balaban J connectivity index is 1.68. The lowest BCUT2D eigenvalue weighted by Gasteiger charge is -2.22. The van der Waals surface area contributed by atoms with E-state index in [4.69, 9.17) is 9.47 Å². The quantitative estimate of drug-likeness (QED) is 0.137. The summed E-state index contributed by atoms with van der Waals surface area (Å²) in [6.45, 7) is 6.55. The van der Waals surface area contributed by atoms with E-state index in [1.165, 1.54) is 24.3 Å². The van der Waals surface area contributed by atoms with Crippen molar-refractivity contribution < 1.29 is 23.6 Å². The summed E-state index contributed by atoms with van der Waals surface area (Å²) in [6, 6.07) is 12.1. The first kappa shape index (κ1) is 30.2. The van der Waals surface area contributed by atoms with Crippen LogP contribution < -0.4 is 15.0 Å². The number of nitrogens with one attached hydrogen (secondary N) is 1. The van der Waals surface area contributed by atoms with Crippen LogP contribution in [-0.4, -0.2) is 64.6 Å². The van der Waals surface area contributed by atoms with E-state index in [0.29, 0.717) is 29.0 Å². The molecular formula is C29H34FN7O5. The molecule has 0 saturated carbocycles. The van der Waals surface area contributed by atoms with E-state index in [2.05, 4.69) is 15.3 Å². The molecule has 12 nitrogen and oxygen atoms in total. The molecule has 2 heterocycles. The molecule has 0 fully saturated rings. The number of hydrogen-bond acceptors (Lipinski definition) is 10. The molecule has 4 rings (SSSR count). The third-order valence-electron chi connectivity index (χ3n) is 6.27. The number of non-ortho nitro benzene ring substituents is 1. The predicted octanol–water partition coefficient (Wildman–Crippen LogP) is 5.56. The second kappa shape index (κ2) is 12.4. The molecule has 0 aliphatic carbocycles. The van der Waals surface area contributed by atoms with Crippen molar-refractivity contribution in [2.75, 3.05) is 44.4 Å². The number of hydrogen-bond donors (Lipinski definition) is 1. The number of carbonyl (C=O) groups excluding carboxylic acids is 1. The van der Waals surface area contributed by atoms with Gasteiger partial charge in [-0.3, -0.25) is 19.5 Å². The molecule has 0 aliphatic rings. The van der Waals surface area contributed by atoms with Crippen LogP contribution in [-0.2, 0) is 16.3 Å². The normalized spacial score (nSPS) is 11.5. The summed E-state index contributed by atoms with van der Waals surface area (Å²) in [7, 11) is 5.73. The van der Waals surface area contributed by atoms with Crippen LogP contribution >= 0.6 is 0 Å². The van der Waals surface area contributed by atoms with Crippen LogP contribution in [0.5, 0.6) is 11.6 Å². The van der Waals surface area contributed by atoms with Crippen molar-refractivity contribution in [3.05, 3.63) is 70.7 Å². The molecule has 222 valence electrons. The van der Waals surface area contributed by atoms with Crippen LogP contribution in [0.25, 0.3) is 11.0 Å². The Kier molecular flexibility index (Phi) is 8.90. The van der Waals surface area contributed by atoms with Gasteiger partial charge in [0.1, 0.15) is 11.6 Å². The number of rotatable bonds is 11. The number of ether oxygens (including phenoxy) is 2. The Morgan fingerprint density at radius 3 is 2.52 bits per heavy atom. The number of benzene rings is 2. The zero-order valence-electron chi connectivity index (χ0n) is 24.4. The number of fused-ring (bicyclic) bond motifs is 1. The Morgan fingerprint density at radius 2 is 1.86 bits per heavy atom.